The molecule has 3 aromatic carbocycles. The zero-order valence-electron chi connectivity index (χ0n) is 30.3. The predicted molar refractivity (Wildman–Crippen MR) is 204 cm³/mol. The molecule has 49 heavy (non-hydrogen) atoms. The number of para-hydroxylation sites is 1. The first-order chi connectivity index (χ1) is 22.7. The number of nitrogens with zero attached hydrogens (tertiary/aromatic N) is 4. The maximum atomic E-state index is 6.40. The van der Waals surface area contributed by atoms with Crippen LogP contribution in [0.15, 0.2) is 83.4 Å². The van der Waals surface area contributed by atoms with Crippen LogP contribution in [0.3, 0.4) is 0 Å². The molecule has 0 aliphatic rings. The van der Waals surface area contributed by atoms with Crippen molar-refractivity contribution < 1.29 is 24.5 Å². The van der Waals surface area contributed by atoms with Gasteiger partial charge in [0.1, 0.15) is 5.58 Å². The van der Waals surface area contributed by atoms with E-state index in [1.54, 1.807) is 0 Å². The van der Waals surface area contributed by atoms with Gasteiger partial charge in [0.05, 0.1) is 25.0 Å². The van der Waals surface area contributed by atoms with Crippen LogP contribution in [-0.4, -0.2) is 27.6 Å². The largest absolute Gasteiger partial charge is 0.500 e. The third-order valence-corrected chi connectivity index (χ3v) is 10.8. The average molecular weight is 843 g/mol. The number of imidazole rings is 1. The van der Waals surface area contributed by atoms with Gasteiger partial charge in [-0.25, -0.2) is 4.98 Å². The molecule has 7 heteroatoms. The van der Waals surface area contributed by atoms with Gasteiger partial charge in [0.15, 0.2) is 5.65 Å². The quantitative estimate of drug-likeness (QED) is 0.128. The first kappa shape index (κ1) is 36.4. The van der Waals surface area contributed by atoms with E-state index in [2.05, 4.69) is 125 Å². The van der Waals surface area contributed by atoms with Crippen molar-refractivity contribution in [2.24, 2.45) is 12.5 Å². The van der Waals surface area contributed by atoms with Crippen LogP contribution in [0.4, 0.5) is 0 Å². The second kappa shape index (κ2) is 14.1. The Morgan fingerprint density at radius 1 is 0.878 bits per heavy atom. The summed E-state index contributed by atoms with van der Waals surface area (Å²) in [4.78, 5) is 14.1. The molecule has 0 aliphatic carbocycles. The Kier molecular flexibility index (Phi) is 10.5. The molecule has 0 aliphatic heterocycles. The number of benzene rings is 3. The monoisotopic (exact) mass is 843 g/mol. The number of hydrogen-bond donors (Lipinski definition) is 0. The van der Waals surface area contributed by atoms with Gasteiger partial charge >= 0.3 is 0 Å². The third-order valence-electron chi connectivity index (χ3n) is 8.72. The summed E-state index contributed by atoms with van der Waals surface area (Å²) in [5.41, 5.74) is 10.4. The van der Waals surface area contributed by atoms with Crippen LogP contribution in [0.1, 0.15) is 57.4 Å². The van der Waals surface area contributed by atoms with Gasteiger partial charge in [0, 0.05) is 44.4 Å². The minimum absolute atomic E-state index is 0. The average Bonchev–Trinajstić information content (AvgIpc) is 3.57. The molecule has 0 saturated carbocycles. The number of aryl methyl sites for hydroxylation is 2. The van der Waals surface area contributed by atoms with Crippen molar-refractivity contribution >= 4 is 46.4 Å². The fourth-order valence-corrected chi connectivity index (χ4v) is 7.96. The summed E-state index contributed by atoms with van der Waals surface area (Å²) in [7, 11) is 0.636. The van der Waals surface area contributed by atoms with Crippen molar-refractivity contribution in [2.75, 3.05) is 0 Å². The molecule has 4 aromatic heterocycles. The molecule has 0 spiro atoms. The Balaban J connectivity index is 0.000000194. The summed E-state index contributed by atoms with van der Waals surface area (Å²) in [5, 5.41) is 3.72. The molecular formula is C42H46IrN4OSi-2. The van der Waals surface area contributed by atoms with Crippen LogP contribution in [0.5, 0.6) is 0 Å². The summed E-state index contributed by atoms with van der Waals surface area (Å²) in [6, 6.07) is 31.4. The molecule has 7 aromatic rings. The number of furan rings is 1. The standard InChI is InChI=1S/C23H20N3O.C19H26NSi.Ir/c1-13(2)15-7-5-8-16-17-9-6-10-18(21(17)27-20(15)16)23-25-22-19(26(23)4)12-11-14(3)24-22;1-19(2,3)13-16-12-17(15-10-8-7-9-11-15)20-14-18(16)21(4,5)6;/h5-9,11-13H,1-4H3;7-10,12,14H,13H2,1-6H3;/q2*-1;. The zero-order valence-corrected chi connectivity index (χ0v) is 33.7. The predicted octanol–water partition coefficient (Wildman–Crippen LogP) is 10.4. The fraction of sp³-hybridized carbons (Fsp3) is 0.310. The first-order valence-electron chi connectivity index (χ1n) is 16.8. The van der Waals surface area contributed by atoms with Gasteiger partial charge in [-0.3, -0.25) is 4.98 Å². The van der Waals surface area contributed by atoms with Crippen molar-refractivity contribution in [3.05, 3.63) is 108 Å². The van der Waals surface area contributed by atoms with Crippen LogP contribution in [-0.2, 0) is 33.6 Å². The molecule has 255 valence electrons. The van der Waals surface area contributed by atoms with Gasteiger partial charge in [-0.2, -0.15) is 0 Å². The molecule has 0 bridgehead atoms. The van der Waals surface area contributed by atoms with E-state index in [1.165, 1.54) is 16.3 Å². The Morgan fingerprint density at radius 3 is 2.31 bits per heavy atom. The molecule has 4 heterocycles. The molecule has 0 amide bonds. The van der Waals surface area contributed by atoms with E-state index in [4.69, 9.17) is 14.4 Å². The molecule has 1 radical (unpaired) electrons. The zero-order chi connectivity index (χ0) is 34.4. The van der Waals surface area contributed by atoms with E-state index in [1.807, 2.05) is 44.3 Å². The number of pyridine rings is 2. The molecule has 5 nitrogen and oxygen atoms in total. The van der Waals surface area contributed by atoms with Gasteiger partial charge in [0.25, 0.3) is 0 Å². The summed E-state index contributed by atoms with van der Waals surface area (Å²) in [6.07, 6.45) is 3.21. The number of fused-ring (bicyclic) bond motifs is 4. The van der Waals surface area contributed by atoms with Crippen LogP contribution in [0, 0.1) is 24.5 Å². The SMILES string of the molecule is CC(C)(C)Cc1cc(-c2[c-]cccc2)ncc1[Si](C)(C)C.Cc1ccc2c(n1)nc(-c1[c-]ccc3c1oc1c(C(C)C)cccc13)n2C.[Ir]. The maximum Gasteiger partial charge on any atom is 0.168 e. The first-order valence-corrected chi connectivity index (χ1v) is 20.3. The van der Waals surface area contributed by atoms with Crippen LogP contribution in [0.25, 0.3) is 55.7 Å². The van der Waals surface area contributed by atoms with E-state index in [0.717, 1.165) is 67.9 Å². The van der Waals surface area contributed by atoms with Crippen molar-refractivity contribution in [3.8, 4) is 22.6 Å². The van der Waals surface area contributed by atoms with E-state index in [9.17, 15) is 0 Å². The summed E-state index contributed by atoms with van der Waals surface area (Å²) < 4.78 is 8.46. The summed E-state index contributed by atoms with van der Waals surface area (Å²) >= 11 is 0. The van der Waals surface area contributed by atoms with Gasteiger partial charge < -0.3 is 14.0 Å². The maximum absolute atomic E-state index is 6.40. The van der Waals surface area contributed by atoms with Crippen molar-refractivity contribution in [3.63, 3.8) is 0 Å². The van der Waals surface area contributed by atoms with Crippen molar-refractivity contribution in [1.29, 1.82) is 0 Å². The Bertz CT molecular complexity index is 2240. The number of aromatic nitrogens is 4. The second-order valence-corrected chi connectivity index (χ2v) is 20.4. The second-order valence-electron chi connectivity index (χ2n) is 15.4. The van der Waals surface area contributed by atoms with Gasteiger partial charge in [-0.15, -0.1) is 54.1 Å². The van der Waals surface area contributed by atoms with E-state index in [0.29, 0.717) is 5.92 Å². The van der Waals surface area contributed by atoms with Gasteiger partial charge in [-0.1, -0.05) is 95.0 Å². The minimum atomic E-state index is -1.37. The molecule has 7 rings (SSSR count). The van der Waals surface area contributed by atoms with Crippen molar-refractivity contribution in [1.82, 2.24) is 19.5 Å². The Labute approximate surface area is 305 Å². The van der Waals surface area contributed by atoms with Gasteiger partial charge in [0.2, 0.25) is 0 Å². The van der Waals surface area contributed by atoms with E-state index in [-0.39, 0.29) is 25.5 Å². The normalized spacial score (nSPS) is 12.0. The molecule has 0 atom stereocenters. The van der Waals surface area contributed by atoms with Crippen LogP contribution < -0.4 is 5.19 Å². The smallest absolute Gasteiger partial charge is 0.168 e. The fourth-order valence-electron chi connectivity index (χ4n) is 6.39. The van der Waals surface area contributed by atoms with Crippen LogP contribution >= 0.6 is 0 Å². The molecule has 0 fully saturated rings. The molecule has 0 saturated heterocycles. The number of rotatable bonds is 5. The minimum Gasteiger partial charge on any atom is -0.500 e. The molecule has 0 unspecified atom stereocenters. The summed E-state index contributed by atoms with van der Waals surface area (Å²) in [5.74, 6) is 1.21. The van der Waals surface area contributed by atoms with Crippen LogP contribution in [0.2, 0.25) is 19.6 Å². The topological polar surface area (TPSA) is 56.7 Å². The van der Waals surface area contributed by atoms with Gasteiger partial charge in [-0.05, 0) is 53.3 Å². The Morgan fingerprint density at radius 2 is 1.63 bits per heavy atom. The molecule has 0 N–H and O–H groups in total. The number of hydrogen-bond acceptors (Lipinski definition) is 4. The van der Waals surface area contributed by atoms with Crippen molar-refractivity contribution in [2.45, 2.75) is 73.5 Å². The van der Waals surface area contributed by atoms with E-state index < -0.39 is 8.07 Å². The molecular weight excluding hydrogens is 797 g/mol. The Hall–Kier alpha value is -3.90. The third kappa shape index (κ3) is 7.65. The van der Waals surface area contributed by atoms with E-state index >= 15 is 0 Å². The summed E-state index contributed by atoms with van der Waals surface area (Å²) in [6.45, 7) is 20.4.